The van der Waals surface area contributed by atoms with Gasteiger partial charge in [0.2, 0.25) is 5.91 Å². The van der Waals surface area contributed by atoms with Crippen molar-refractivity contribution < 1.29 is 18.0 Å². The van der Waals surface area contributed by atoms with Gasteiger partial charge in [-0.15, -0.1) is 0 Å². The quantitative estimate of drug-likeness (QED) is 0.926. The summed E-state index contributed by atoms with van der Waals surface area (Å²) in [6.07, 6.45) is -3.08. The van der Waals surface area contributed by atoms with Gasteiger partial charge in [0.15, 0.2) is 5.69 Å². The van der Waals surface area contributed by atoms with Crippen molar-refractivity contribution in [3.63, 3.8) is 0 Å². The normalized spacial score (nSPS) is 13.2. The first-order chi connectivity index (χ1) is 10.5. The van der Waals surface area contributed by atoms with E-state index in [1.165, 1.54) is 18.5 Å². The molecule has 1 unspecified atom stereocenters. The molecule has 2 aromatic rings. The van der Waals surface area contributed by atoms with E-state index < -0.39 is 28.8 Å². The number of carbonyl (C=O) groups is 1. The Bertz CT molecular complexity index is 750. The summed E-state index contributed by atoms with van der Waals surface area (Å²) < 4.78 is 41.0. The van der Waals surface area contributed by atoms with Crippen LogP contribution in [0.15, 0.2) is 6.20 Å². The van der Waals surface area contributed by atoms with Crippen LogP contribution in [0.1, 0.15) is 30.0 Å². The minimum absolute atomic E-state index is 0.0737. The van der Waals surface area contributed by atoms with E-state index >= 15 is 0 Å². The number of nitrogens with one attached hydrogen (secondary N) is 1. The van der Waals surface area contributed by atoms with Crippen LogP contribution in [0.4, 0.5) is 18.9 Å². The lowest BCUT2D eigenvalue weighted by Gasteiger charge is -2.14. The molecule has 1 N–H and O–H groups in total. The van der Waals surface area contributed by atoms with Crippen LogP contribution in [0.5, 0.6) is 0 Å². The number of hydrogen-bond donors (Lipinski definition) is 1. The average molecular weight is 350 g/mol. The Kier molecular flexibility index (Phi) is 4.43. The highest BCUT2D eigenvalue weighted by molar-refractivity contribution is 6.32. The zero-order chi connectivity index (χ0) is 17.5. The third-order valence-electron chi connectivity index (χ3n) is 3.36. The second-order valence-corrected chi connectivity index (χ2v) is 5.54. The summed E-state index contributed by atoms with van der Waals surface area (Å²) >= 11 is 5.69. The monoisotopic (exact) mass is 349 g/mol. The largest absolute Gasteiger partial charge is 0.436 e. The Labute approximate surface area is 135 Å². The SMILES string of the molecule is Cc1nn(C)cc1NC(=O)C(C)n1nc(C(F)(F)F)c(Cl)c1C. The molecule has 1 atom stereocenters. The van der Waals surface area contributed by atoms with Gasteiger partial charge in [-0.1, -0.05) is 11.6 Å². The molecule has 0 saturated heterocycles. The molecule has 0 aliphatic carbocycles. The number of rotatable bonds is 3. The molecule has 0 aromatic carbocycles. The molecule has 0 saturated carbocycles. The van der Waals surface area contributed by atoms with E-state index in [4.69, 9.17) is 11.6 Å². The van der Waals surface area contributed by atoms with E-state index in [9.17, 15) is 18.0 Å². The fraction of sp³-hybridized carbons (Fsp3) is 0.462. The summed E-state index contributed by atoms with van der Waals surface area (Å²) in [5.41, 5.74) is -0.0472. The molecule has 2 heterocycles. The molecule has 6 nitrogen and oxygen atoms in total. The van der Waals surface area contributed by atoms with Gasteiger partial charge in [0.1, 0.15) is 6.04 Å². The van der Waals surface area contributed by atoms with Crippen LogP contribution in [0.3, 0.4) is 0 Å². The lowest BCUT2D eigenvalue weighted by molar-refractivity contribution is -0.141. The van der Waals surface area contributed by atoms with Crippen molar-refractivity contribution in [3.8, 4) is 0 Å². The molecule has 0 spiro atoms. The zero-order valence-corrected chi connectivity index (χ0v) is 13.6. The lowest BCUT2D eigenvalue weighted by Crippen LogP contribution is -2.25. The lowest BCUT2D eigenvalue weighted by atomic mass is 10.3. The highest BCUT2D eigenvalue weighted by Crippen LogP contribution is 2.36. The summed E-state index contributed by atoms with van der Waals surface area (Å²) in [4.78, 5) is 12.3. The minimum Gasteiger partial charge on any atom is -0.321 e. The predicted octanol–water partition coefficient (Wildman–Crippen LogP) is 3.11. The predicted molar refractivity (Wildman–Crippen MR) is 78.3 cm³/mol. The zero-order valence-electron chi connectivity index (χ0n) is 12.9. The maximum atomic E-state index is 12.8. The van der Waals surface area contributed by atoms with E-state index in [1.807, 2.05) is 0 Å². The molecule has 126 valence electrons. The molecule has 23 heavy (non-hydrogen) atoms. The number of hydrogen-bond acceptors (Lipinski definition) is 3. The van der Waals surface area contributed by atoms with E-state index in [1.54, 1.807) is 20.2 Å². The highest BCUT2D eigenvalue weighted by atomic mass is 35.5. The van der Waals surface area contributed by atoms with Gasteiger partial charge in [-0.25, -0.2) is 0 Å². The van der Waals surface area contributed by atoms with E-state index in [0.717, 1.165) is 4.68 Å². The second kappa shape index (κ2) is 5.88. The molecule has 0 bridgehead atoms. The van der Waals surface area contributed by atoms with Gasteiger partial charge in [0.05, 0.1) is 22.1 Å². The number of aryl methyl sites for hydroxylation is 2. The molecular weight excluding hydrogens is 335 g/mol. The fourth-order valence-electron chi connectivity index (χ4n) is 2.13. The van der Waals surface area contributed by atoms with Crippen LogP contribution in [-0.4, -0.2) is 25.5 Å². The summed E-state index contributed by atoms with van der Waals surface area (Å²) in [7, 11) is 1.69. The Morgan fingerprint density at radius 2 is 1.96 bits per heavy atom. The smallest absolute Gasteiger partial charge is 0.321 e. The van der Waals surface area contributed by atoms with Crippen LogP contribution < -0.4 is 5.32 Å². The van der Waals surface area contributed by atoms with Crippen molar-refractivity contribution in [1.29, 1.82) is 0 Å². The molecular formula is C13H15ClF3N5O. The van der Waals surface area contributed by atoms with Gasteiger partial charge in [-0.2, -0.15) is 23.4 Å². The van der Waals surface area contributed by atoms with Crippen molar-refractivity contribution in [2.75, 3.05) is 5.32 Å². The molecule has 2 aromatic heterocycles. The number of halogens is 4. The number of aromatic nitrogens is 4. The maximum Gasteiger partial charge on any atom is 0.436 e. The minimum atomic E-state index is -4.68. The van der Waals surface area contributed by atoms with Gasteiger partial charge >= 0.3 is 6.18 Å². The van der Waals surface area contributed by atoms with Crippen molar-refractivity contribution in [2.24, 2.45) is 7.05 Å². The Morgan fingerprint density at radius 3 is 2.39 bits per heavy atom. The molecule has 0 aliphatic heterocycles. The van der Waals surface area contributed by atoms with Crippen LogP contribution in [0.2, 0.25) is 5.02 Å². The Morgan fingerprint density at radius 1 is 1.35 bits per heavy atom. The third kappa shape index (κ3) is 3.34. The number of carbonyl (C=O) groups excluding carboxylic acids is 1. The van der Waals surface area contributed by atoms with E-state index in [-0.39, 0.29) is 5.69 Å². The van der Waals surface area contributed by atoms with Crippen molar-refractivity contribution in [2.45, 2.75) is 33.0 Å². The summed E-state index contributed by atoms with van der Waals surface area (Å²) in [5, 5.41) is 9.63. The molecule has 0 fully saturated rings. The van der Waals surface area contributed by atoms with Crippen LogP contribution in [0, 0.1) is 13.8 Å². The number of nitrogens with zero attached hydrogens (tertiary/aromatic N) is 4. The molecule has 10 heteroatoms. The third-order valence-corrected chi connectivity index (χ3v) is 3.82. The topological polar surface area (TPSA) is 64.7 Å². The van der Waals surface area contributed by atoms with Crippen LogP contribution >= 0.6 is 11.6 Å². The summed E-state index contributed by atoms with van der Waals surface area (Å²) in [6, 6.07) is -0.969. The van der Waals surface area contributed by atoms with Crippen molar-refractivity contribution >= 4 is 23.2 Å². The van der Waals surface area contributed by atoms with Gasteiger partial charge < -0.3 is 5.32 Å². The number of alkyl halides is 3. The molecule has 1 amide bonds. The van der Waals surface area contributed by atoms with Gasteiger partial charge in [-0.05, 0) is 20.8 Å². The van der Waals surface area contributed by atoms with Crippen molar-refractivity contribution in [3.05, 3.63) is 28.3 Å². The molecule has 0 aliphatic rings. The van der Waals surface area contributed by atoms with E-state index in [2.05, 4.69) is 15.5 Å². The standard InChI is InChI=1S/C13H15ClF3N5O/c1-6-9(5-21(4)19-6)18-12(23)8(3)22-7(2)10(14)11(20-22)13(15,16)17/h5,8H,1-4H3,(H,18,23). The summed E-state index contributed by atoms with van der Waals surface area (Å²) in [6.45, 7) is 4.53. The first kappa shape index (κ1) is 17.3. The highest BCUT2D eigenvalue weighted by Gasteiger charge is 2.39. The Balaban J connectivity index is 2.28. The van der Waals surface area contributed by atoms with Crippen LogP contribution in [0.25, 0.3) is 0 Å². The fourth-order valence-corrected chi connectivity index (χ4v) is 2.36. The molecule has 0 radical (unpaired) electrons. The van der Waals surface area contributed by atoms with Gasteiger partial charge in [0, 0.05) is 13.2 Å². The first-order valence-corrected chi connectivity index (χ1v) is 7.03. The first-order valence-electron chi connectivity index (χ1n) is 6.65. The summed E-state index contributed by atoms with van der Waals surface area (Å²) in [5.74, 6) is -0.517. The second-order valence-electron chi connectivity index (χ2n) is 5.16. The van der Waals surface area contributed by atoms with E-state index in [0.29, 0.717) is 11.4 Å². The number of amides is 1. The Hall–Kier alpha value is -2.03. The number of anilines is 1. The average Bonchev–Trinajstić information content (AvgIpc) is 2.89. The van der Waals surface area contributed by atoms with Gasteiger partial charge in [0.25, 0.3) is 0 Å². The van der Waals surface area contributed by atoms with Crippen LogP contribution in [-0.2, 0) is 18.0 Å². The maximum absolute atomic E-state index is 12.8. The van der Waals surface area contributed by atoms with Gasteiger partial charge in [-0.3, -0.25) is 14.2 Å². The van der Waals surface area contributed by atoms with Crippen molar-refractivity contribution in [1.82, 2.24) is 19.6 Å². The molecule has 2 rings (SSSR count).